The van der Waals surface area contributed by atoms with Crippen LogP contribution in [0.2, 0.25) is 0 Å². The molecule has 8 heteroatoms. The molecule has 0 amide bonds. The van der Waals surface area contributed by atoms with Crippen molar-refractivity contribution in [3.05, 3.63) is 449 Å². The van der Waals surface area contributed by atoms with Crippen LogP contribution in [-0.2, 0) is 0 Å². The number of rotatable bonds is 12. The van der Waals surface area contributed by atoms with E-state index in [1.165, 1.54) is 98.0 Å². The summed E-state index contributed by atoms with van der Waals surface area (Å²) >= 11 is 0. The Balaban J connectivity index is 0.601. The highest BCUT2D eigenvalue weighted by Gasteiger charge is 2.25. The number of para-hydroxylation sites is 8. The van der Waals surface area contributed by atoms with Crippen molar-refractivity contribution < 1.29 is 0 Å². The van der Waals surface area contributed by atoms with Gasteiger partial charge in [-0.2, -0.15) is 0 Å². The molecule has 27 rings (SSSR count). The second-order valence-electron chi connectivity index (χ2n) is 34.0. The molecule has 0 N–H and O–H groups in total. The summed E-state index contributed by atoms with van der Waals surface area (Å²) in [5, 5.41) is 17.6. The molecule has 0 atom stereocenters. The molecule has 0 fully saturated rings. The van der Waals surface area contributed by atoms with Crippen LogP contribution in [-0.4, -0.2) is 37.4 Å². The van der Waals surface area contributed by atoms with Crippen LogP contribution in [0.4, 0.5) is 0 Å². The van der Waals surface area contributed by atoms with E-state index in [4.69, 9.17) is 9.97 Å². The summed E-state index contributed by atoms with van der Waals surface area (Å²) in [7, 11) is 0. The summed E-state index contributed by atoms with van der Waals surface area (Å²) in [6, 6.07) is 165. The summed E-state index contributed by atoms with van der Waals surface area (Å²) in [4.78, 5) is 11.4. The molecule has 0 spiro atoms. The molecule has 0 aliphatic carbocycles. The molecule has 0 saturated heterocycles. The Morgan fingerprint density at radius 3 is 0.719 bits per heavy atom. The molecule has 0 radical (unpaired) electrons. The highest BCUT2D eigenvalue weighted by molar-refractivity contribution is 6.19. The Kier molecular flexibility index (Phi) is 15.7. The standard InChI is InChI=1S/C120H74N8/c1-5-26-86(27-6-1)123-106-40-19-15-36-93(106)97-67-77(47-58-110(97)123)81-51-62-114-101(71-81)102-72-82(78-48-59-111-98(68-78)94-37-16-20-41-107(94)124(111)87-28-7-2-8-29-87)52-63-115(102)127(114)90-55-44-76(45-56-90)119-118-92-35-14-13-24-75(92)46-57-105(118)121-120(122-119)85-25-23-34-91(66-85)128-116-64-53-83(79-49-60-112-99(69-79)95-38-17-21-42-108(95)125(112)88-30-9-3-10-31-88)73-103(116)104-74-84(54-65-117(104)128)80-50-61-113-100(70-80)96-39-18-22-43-109(96)126(113)89-32-11-4-12-33-89/h1-74H. The van der Waals surface area contributed by atoms with Crippen LogP contribution in [0, 0.1) is 0 Å². The van der Waals surface area contributed by atoms with Crippen LogP contribution in [0.1, 0.15) is 0 Å². The first kappa shape index (κ1) is 71.4. The number of aromatic nitrogens is 8. The van der Waals surface area contributed by atoms with Crippen LogP contribution < -0.4 is 0 Å². The van der Waals surface area contributed by atoms with E-state index in [1.807, 2.05) is 0 Å². The minimum Gasteiger partial charge on any atom is -0.309 e. The summed E-state index contributed by atoms with van der Waals surface area (Å²) in [5.41, 5.74) is 33.3. The lowest BCUT2D eigenvalue weighted by molar-refractivity contribution is 1.17. The zero-order valence-corrected chi connectivity index (χ0v) is 69.3. The molecule has 7 aromatic heterocycles. The summed E-state index contributed by atoms with van der Waals surface area (Å²) in [6.07, 6.45) is 0. The topological polar surface area (TPSA) is 55.4 Å². The van der Waals surface area contributed by atoms with Gasteiger partial charge in [-0.05, 0) is 255 Å². The molecular formula is C120H74N8. The average molecular weight is 1630 g/mol. The number of nitrogens with zero attached hydrogens (tertiary/aromatic N) is 8. The number of hydrogen-bond donors (Lipinski definition) is 0. The van der Waals surface area contributed by atoms with E-state index in [0.717, 1.165) is 150 Å². The molecule has 0 bridgehead atoms. The van der Waals surface area contributed by atoms with E-state index < -0.39 is 0 Å². The van der Waals surface area contributed by atoms with Crippen molar-refractivity contribution in [2.75, 3.05) is 0 Å². The Morgan fingerprint density at radius 2 is 0.391 bits per heavy atom. The predicted octanol–water partition coefficient (Wildman–Crippen LogP) is 31.4. The minimum atomic E-state index is 0.642. The Bertz CT molecular complexity index is 8880. The van der Waals surface area contributed by atoms with Gasteiger partial charge in [0.15, 0.2) is 5.82 Å². The van der Waals surface area contributed by atoms with Gasteiger partial charge in [-0.3, -0.25) is 0 Å². The third-order valence-corrected chi connectivity index (χ3v) is 27.0. The molecular weight excluding hydrogens is 1550 g/mol. The quantitative estimate of drug-likeness (QED) is 0.114. The maximum absolute atomic E-state index is 5.79. The largest absolute Gasteiger partial charge is 0.309 e. The van der Waals surface area contributed by atoms with Gasteiger partial charge in [0.25, 0.3) is 0 Å². The molecule has 0 aliphatic rings. The Morgan fingerprint density at radius 1 is 0.141 bits per heavy atom. The van der Waals surface area contributed by atoms with Gasteiger partial charge >= 0.3 is 0 Å². The zero-order chi connectivity index (χ0) is 83.8. The van der Waals surface area contributed by atoms with Gasteiger partial charge in [0.05, 0.1) is 77.4 Å². The van der Waals surface area contributed by atoms with Crippen LogP contribution in [0.3, 0.4) is 0 Å². The minimum absolute atomic E-state index is 0.642. The summed E-state index contributed by atoms with van der Waals surface area (Å²) < 4.78 is 14.5. The molecule has 0 saturated carbocycles. The van der Waals surface area contributed by atoms with Crippen molar-refractivity contribution >= 4 is 153 Å². The number of hydrogen-bond acceptors (Lipinski definition) is 2. The second kappa shape index (κ2) is 28.2. The smallest absolute Gasteiger partial charge is 0.160 e. The average Bonchev–Trinajstić information content (AvgIpc) is 1.62. The molecule has 0 aliphatic heterocycles. The van der Waals surface area contributed by atoms with Crippen LogP contribution in [0.5, 0.6) is 0 Å². The van der Waals surface area contributed by atoms with Crippen LogP contribution in [0.25, 0.3) is 254 Å². The van der Waals surface area contributed by atoms with E-state index >= 15 is 0 Å². The first-order chi connectivity index (χ1) is 63.5. The van der Waals surface area contributed by atoms with Crippen molar-refractivity contribution in [2.45, 2.75) is 0 Å². The molecule has 20 aromatic carbocycles. The van der Waals surface area contributed by atoms with Crippen molar-refractivity contribution in [1.29, 1.82) is 0 Å². The number of benzene rings is 20. The molecule has 0 unspecified atom stereocenters. The molecule has 128 heavy (non-hydrogen) atoms. The van der Waals surface area contributed by atoms with Crippen LogP contribution in [0.15, 0.2) is 449 Å². The SMILES string of the molecule is c1ccc(-n2c3ccccc3c3cc(-c4ccc5c(c4)c4cc(-c6ccc7c(c6)c6ccccc6n7-c6ccccc6)ccc4n5-c4ccc(-c5nc(-c6cccc(-n7c8ccc(-c9ccc%10c(c9)c9ccccc9n%10-c9ccccc9)cc8c8cc(-c9ccc%10c(c9)c9ccccc9n%10-c9ccccc9)ccc87)c6)nc6ccc7ccccc7c56)cc4)ccc32)cc1. The number of fused-ring (bicyclic) bond motifs is 21. The Hall–Kier alpha value is -17.2. The van der Waals surface area contributed by atoms with E-state index in [1.54, 1.807) is 0 Å². The van der Waals surface area contributed by atoms with Crippen molar-refractivity contribution in [1.82, 2.24) is 37.4 Å². The first-order valence-electron chi connectivity index (χ1n) is 43.9. The summed E-state index contributed by atoms with van der Waals surface area (Å²) in [5.74, 6) is 0.642. The van der Waals surface area contributed by atoms with E-state index in [2.05, 4.69) is 476 Å². The zero-order valence-electron chi connectivity index (χ0n) is 69.3. The van der Waals surface area contributed by atoms with Gasteiger partial charge in [-0.25, -0.2) is 9.97 Å². The van der Waals surface area contributed by atoms with E-state index in [-0.39, 0.29) is 0 Å². The second-order valence-corrected chi connectivity index (χ2v) is 34.0. The predicted molar refractivity (Wildman–Crippen MR) is 536 cm³/mol. The Labute approximate surface area is 735 Å². The maximum Gasteiger partial charge on any atom is 0.160 e. The van der Waals surface area contributed by atoms with Gasteiger partial charge in [0.1, 0.15) is 0 Å². The fourth-order valence-corrected chi connectivity index (χ4v) is 21.1. The van der Waals surface area contributed by atoms with Crippen molar-refractivity contribution in [2.24, 2.45) is 0 Å². The molecule has 7 heterocycles. The normalized spacial score (nSPS) is 12.1. The monoisotopic (exact) mass is 1630 g/mol. The third-order valence-electron chi connectivity index (χ3n) is 27.0. The maximum atomic E-state index is 5.79. The molecule has 594 valence electrons. The first-order valence-corrected chi connectivity index (χ1v) is 43.9. The van der Waals surface area contributed by atoms with Crippen molar-refractivity contribution in [3.8, 4) is 101 Å². The van der Waals surface area contributed by atoms with Gasteiger partial charge in [-0.15, -0.1) is 0 Å². The third kappa shape index (κ3) is 11.0. The molecule has 27 aromatic rings. The lowest BCUT2D eigenvalue weighted by Crippen LogP contribution is -1.99. The van der Waals surface area contributed by atoms with E-state index in [0.29, 0.717) is 5.82 Å². The highest BCUT2D eigenvalue weighted by Crippen LogP contribution is 2.47. The van der Waals surface area contributed by atoms with Gasteiger partial charge < -0.3 is 27.4 Å². The van der Waals surface area contributed by atoms with Gasteiger partial charge in [0.2, 0.25) is 0 Å². The lowest BCUT2D eigenvalue weighted by atomic mass is 9.98. The lowest BCUT2D eigenvalue weighted by Gasteiger charge is -2.14. The fraction of sp³-hybridized carbons (Fsp3) is 0. The molecule has 8 nitrogen and oxygen atoms in total. The highest BCUT2D eigenvalue weighted by atomic mass is 15.0. The fourth-order valence-electron chi connectivity index (χ4n) is 21.1. The van der Waals surface area contributed by atoms with Gasteiger partial charge in [-0.1, -0.05) is 249 Å². The van der Waals surface area contributed by atoms with Crippen LogP contribution >= 0.6 is 0 Å². The van der Waals surface area contributed by atoms with Gasteiger partial charge in [0, 0.05) is 115 Å². The van der Waals surface area contributed by atoms with E-state index in [9.17, 15) is 0 Å². The van der Waals surface area contributed by atoms with Crippen molar-refractivity contribution in [3.63, 3.8) is 0 Å². The summed E-state index contributed by atoms with van der Waals surface area (Å²) in [6.45, 7) is 0.